The highest BCUT2D eigenvalue weighted by Crippen LogP contribution is 2.22. The van der Waals surface area contributed by atoms with Crippen LogP contribution in [0.15, 0.2) is 10.9 Å². The first-order valence-electron chi connectivity index (χ1n) is 7.15. The number of pyridine rings is 1. The van der Waals surface area contributed by atoms with E-state index in [1.807, 2.05) is 31.4 Å². The van der Waals surface area contributed by atoms with Gasteiger partial charge in [0.2, 0.25) is 0 Å². The van der Waals surface area contributed by atoms with Crippen LogP contribution in [-0.4, -0.2) is 22.6 Å². The third-order valence-electron chi connectivity index (χ3n) is 4.01. The van der Waals surface area contributed by atoms with Crippen LogP contribution in [0, 0.1) is 0 Å². The topological polar surface area (TPSA) is 51.3 Å². The van der Waals surface area contributed by atoms with Crippen molar-refractivity contribution in [3.63, 3.8) is 0 Å². The fraction of sp³-hybridized carbons (Fsp3) is 0.667. The number of hydrogen-bond donors (Lipinski definition) is 1. The van der Waals surface area contributed by atoms with Crippen molar-refractivity contribution >= 4 is 0 Å². The number of nitrogens with two attached hydrogens (primary N) is 1. The highest BCUT2D eigenvalue weighted by molar-refractivity contribution is 5.32. The molecule has 4 heteroatoms. The smallest absolute Gasteiger partial charge is 0.255 e. The SMILES string of the molecule is CCN1CCc2c(cc(C(C)(C)N)c(=O)n2CC)C1. The highest BCUT2D eigenvalue weighted by atomic mass is 16.1. The van der Waals surface area contributed by atoms with Gasteiger partial charge in [-0.1, -0.05) is 6.92 Å². The molecule has 0 amide bonds. The predicted molar refractivity (Wildman–Crippen MR) is 78.2 cm³/mol. The van der Waals surface area contributed by atoms with E-state index in [2.05, 4.69) is 11.8 Å². The molecular weight excluding hydrogens is 238 g/mol. The van der Waals surface area contributed by atoms with Gasteiger partial charge in [-0.3, -0.25) is 9.69 Å². The van der Waals surface area contributed by atoms with E-state index in [9.17, 15) is 4.79 Å². The lowest BCUT2D eigenvalue weighted by atomic mass is 9.93. The number of likely N-dealkylation sites (N-methyl/N-ethyl adjacent to an activating group) is 1. The maximum Gasteiger partial charge on any atom is 0.255 e. The quantitative estimate of drug-likeness (QED) is 0.898. The molecule has 0 aromatic carbocycles. The summed E-state index contributed by atoms with van der Waals surface area (Å²) in [6.45, 7) is 11.7. The molecule has 1 aromatic heterocycles. The van der Waals surface area contributed by atoms with Gasteiger partial charge in [-0.2, -0.15) is 0 Å². The van der Waals surface area contributed by atoms with E-state index in [1.165, 1.54) is 11.3 Å². The summed E-state index contributed by atoms with van der Waals surface area (Å²) in [6.07, 6.45) is 0.956. The summed E-state index contributed by atoms with van der Waals surface area (Å²) in [5.74, 6) is 0. The standard InChI is InChI=1S/C15H25N3O/c1-5-17-8-7-13-11(10-17)9-12(15(3,4)16)14(19)18(13)6-2/h9H,5-8,10,16H2,1-4H3. The normalized spacial score (nSPS) is 16.5. The van der Waals surface area contributed by atoms with Gasteiger partial charge in [0.1, 0.15) is 0 Å². The Balaban J connectivity index is 2.60. The molecule has 2 heterocycles. The first-order valence-corrected chi connectivity index (χ1v) is 7.15. The zero-order valence-electron chi connectivity index (χ0n) is 12.5. The molecule has 0 bridgehead atoms. The van der Waals surface area contributed by atoms with Crippen molar-refractivity contribution in [1.29, 1.82) is 0 Å². The minimum Gasteiger partial charge on any atom is -0.322 e. The van der Waals surface area contributed by atoms with Gasteiger partial charge < -0.3 is 10.3 Å². The molecule has 106 valence electrons. The molecule has 1 aromatic rings. The second-order valence-corrected chi connectivity index (χ2v) is 5.92. The Labute approximate surface area is 115 Å². The summed E-state index contributed by atoms with van der Waals surface area (Å²) in [5.41, 5.74) is 8.84. The maximum absolute atomic E-state index is 12.5. The summed E-state index contributed by atoms with van der Waals surface area (Å²) in [6, 6.07) is 2.03. The van der Waals surface area contributed by atoms with Crippen LogP contribution in [0.5, 0.6) is 0 Å². The molecule has 1 aliphatic rings. The average molecular weight is 263 g/mol. The van der Waals surface area contributed by atoms with Gasteiger partial charge in [0, 0.05) is 42.9 Å². The van der Waals surface area contributed by atoms with Gasteiger partial charge in [0.15, 0.2) is 0 Å². The van der Waals surface area contributed by atoms with E-state index in [4.69, 9.17) is 5.73 Å². The van der Waals surface area contributed by atoms with Gasteiger partial charge in [-0.05, 0) is 38.9 Å². The molecule has 0 radical (unpaired) electrons. The van der Waals surface area contributed by atoms with Crippen LogP contribution < -0.4 is 11.3 Å². The Bertz CT molecular complexity index is 525. The molecular formula is C15H25N3O. The second kappa shape index (κ2) is 5.10. The maximum atomic E-state index is 12.5. The van der Waals surface area contributed by atoms with Crippen molar-refractivity contribution in [2.24, 2.45) is 5.73 Å². The third-order valence-corrected chi connectivity index (χ3v) is 4.01. The lowest BCUT2D eigenvalue weighted by molar-refractivity contribution is 0.261. The first-order chi connectivity index (χ1) is 8.88. The summed E-state index contributed by atoms with van der Waals surface area (Å²) < 4.78 is 1.91. The van der Waals surface area contributed by atoms with Gasteiger partial charge in [0.05, 0.1) is 0 Å². The monoisotopic (exact) mass is 263 g/mol. The van der Waals surface area contributed by atoms with Crippen LogP contribution >= 0.6 is 0 Å². The van der Waals surface area contributed by atoms with E-state index in [1.54, 1.807) is 0 Å². The summed E-state index contributed by atoms with van der Waals surface area (Å²) >= 11 is 0. The van der Waals surface area contributed by atoms with Crippen molar-refractivity contribution in [1.82, 2.24) is 9.47 Å². The first kappa shape index (κ1) is 14.3. The minimum absolute atomic E-state index is 0.0821. The number of rotatable bonds is 3. The van der Waals surface area contributed by atoms with E-state index >= 15 is 0 Å². The molecule has 1 aliphatic heterocycles. The van der Waals surface area contributed by atoms with Crippen LogP contribution in [-0.2, 0) is 25.0 Å². The molecule has 0 unspecified atom stereocenters. The van der Waals surface area contributed by atoms with Gasteiger partial charge in [-0.15, -0.1) is 0 Å². The molecule has 2 N–H and O–H groups in total. The summed E-state index contributed by atoms with van der Waals surface area (Å²) in [5, 5.41) is 0. The molecule has 0 saturated carbocycles. The fourth-order valence-electron chi connectivity index (χ4n) is 2.84. The zero-order chi connectivity index (χ0) is 14.2. The van der Waals surface area contributed by atoms with Crippen molar-refractivity contribution in [3.8, 4) is 0 Å². The van der Waals surface area contributed by atoms with Crippen molar-refractivity contribution in [2.75, 3.05) is 13.1 Å². The van der Waals surface area contributed by atoms with E-state index < -0.39 is 5.54 Å². The summed E-state index contributed by atoms with van der Waals surface area (Å²) in [7, 11) is 0. The molecule has 0 saturated heterocycles. The Morgan fingerprint density at radius 3 is 2.53 bits per heavy atom. The van der Waals surface area contributed by atoms with E-state index in [-0.39, 0.29) is 5.56 Å². The van der Waals surface area contributed by atoms with Crippen LogP contribution in [0.1, 0.15) is 44.5 Å². The molecule has 19 heavy (non-hydrogen) atoms. The van der Waals surface area contributed by atoms with E-state index in [0.29, 0.717) is 0 Å². The van der Waals surface area contributed by atoms with Crippen LogP contribution in [0.3, 0.4) is 0 Å². The fourth-order valence-corrected chi connectivity index (χ4v) is 2.84. The zero-order valence-corrected chi connectivity index (χ0v) is 12.5. The van der Waals surface area contributed by atoms with Crippen molar-refractivity contribution < 1.29 is 0 Å². The highest BCUT2D eigenvalue weighted by Gasteiger charge is 2.25. The number of aromatic nitrogens is 1. The predicted octanol–water partition coefficient (Wildman–Crippen LogP) is 1.44. The van der Waals surface area contributed by atoms with Crippen LogP contribution in [0.2, 0.25) is 0 Å². The molecule has 0 atom stereocenters. The van der Waals surface area contributed by atoms with Crippen molar-refractivity contribution in [3.05, 3.63) is 33.2 Å². The molecule has 0 spiro atoms. The van der Waals surface area contributed by atoms with Gasteiger partial charge >= 0.3 is 0 Å². The Kier molecular flexibility index (Phi) is 3.83. The Morgan fingerprint density at radius 1 is 1.32 bits per heavy atom. The number of nitrogens with zero attached hydrogens (tertiary/aromatic N) is 2. The Morgan fingerprint density at radius 2 is 2.00 bits per heavy atom. The summed E-state index contributed by atoms with van der Waals surface area (Å²) in [4.78, 5) is 14.9. The van der Waals surface area contributed by atoms with E-state index in [0.717, 1.165) is 38.2 Å². The number of fused-ring (bicyclic) bond motifs is 1. The molecule has 0 aliphatic carbocycles. The Hall–Kier alpha value is -1.13. The molecule has 4 nitrogen and oxygen atoms in total. The minimum atomic E-state index is -0.586. The lowest BCUT2D eigenvalue weighted by Crippen LogP contribution is -2.42. The average Bonchev–Trinajstić information content (AvgIpc) is 2.36. The third kappa shape index (κ3) is 2.60. The van der Waals surface area contributed by atoms with Crippen molar-refractivity contribution in [2.45, 2.75) is 52.7 Å². The molecule has 0 fully saturated rings. The van der Waals surface area contributed by atoms with Gasteiger partial charge in [-0.25, -0.2) is 0 Å². The van der Waals surface area contributed by atoms with Crippen LogP contribution in [0.25, 0.3) is 0 Å². The lowest BCUT2D eigenvalue weighted by Gasteiger charge is -2.31. The van der Waals surface area contributed by atoms with Crippen LogP contribution in [0.4, 0.5) is 0 Å². The molecule has 2 rings (SSSR count). The van der Waals surface area contributed by atoms with Gasteiger partial charge in [0.25, 0.3) is 5.56 Å². The largest absolute Gasteiger partial charge is 0.322 e. The second-order valence-electron chi connectivity index (χ2n) is 5.92. The number of hydrogen-bond acceptors (Lipinski definition) is 3.